The molecule has 0 atom stereocenters. The first-order valence-corrected chi connectivity index (χ1v) is 7.74. The van der Waals surface area contributed by atoms with Crippen molar-refractivity contribution in [2.24, 2.45) is 0 Å². The van der Waals surface area contributed by atoms with Crippen LogP contribution >= 0.6 is 0 Å². The Morgan fingerprint density at radius 2 is 1.53 bits per heavy atom. The maximum atomic E-state index is 9.64. The molecule has 0 saturated heterocycles. The monoisotopic (exact) mass is 270 g/mol. The van der Waals surface area contributed by atoms with E-state index in [0.29, 0.717) is 13.0 Å². The molecule has 0 aliphatic rings. The van der Waals surface area contributed by atoms with Crippen LogP contribution in [-0.2, 0) is 4.74 Å². The molecule has 0 aromatic carbocycles. The first-order chi connectivity index (χ1) is 8.77. The SMILES string of the molecule is C=CCCCCCCCC(C)(C)OCCC(C)(C)O. The summed E-state index contributed by atoms with van der Waals surface area (Å²) in [5.41, 5.74) is -0.687. The molecule has 0 bridgehead atoms. The highest BCUT2D eigenvalue weighted by molar-refractivity contribution is 4.71. The number of unbranched alkanes of at least 4 members (excludes halogenated alkanes) is 5. The van der Waals surface area contributed by atoms with Crippen LogP contribution in [0.15, 0.2) is 12.7 Å². The topological polar surface area (TPSA) is 29.5 Å². The lowest BCUT2D eigenvalue weighted by Gasteiger charge is -2.27. The Kier molecular flexibility index (Phi) is 9.38. The molecule has 0 fully saturated rings. The predicted octanol–water partition coefficient (Wildman–Crippen LogP) is 4.86. The fraction of sp³-hybridized carbons (Fsp3) is 0.882. The highest BCUT2D eigenvalue weighted by Gasteiger charge is 2.20. The smallest absolute Gasteiger partial charge is 0.0626 e. The van der Waals surface area contributed by atoms with E-state index in [1.807, 2.05) is 19.9 Å². The standard InChI is InChI=1S/C17H34O2/c1-6-7-8-9-10-11-12-13-17(4,5)19-15-14-16(2,3)18/h6,18H,1,7-15H2,2-5H3. The Morgan fingerprint density at radius 3 is 2.11 bits per heavy atom. The molecule has 0 aliphatic carbocycles. The van der Waals surface area contributed by atoms with E-state index in [-0.39, 0.29) is 5.60 Å². The second kappa shape index (κ2) is 9.55. The van der Waals surface area contributed by atoms with Gasteiger partial charge >= 0.3 is 0 Å². The van der Waals surface area contributed by atoms with E-state index in [0.717, 1.165) is 12.8 Å². The quantitative estimate of drug-likeness (QED) is 0.405. The van der Waals surface area contributed by atoms with Gasteiger partial charge in [0.25, 0.3) is 0 Å². The maximum absolute atomic E-state index is 9.64. The predicted molar refractivity (Wildman–Crippen MR) is 83.5 cm³/mol. The summed E-state index contributed by atoms with van der Waals surface area (Å²) in [5.74, 6) is 0. The second-order valence-corrected chi connectivity index (χ2v) is 6.77. The van der Waals surface area contributed by atoms with Crippen LogP contribution in [0.1, 0.15) is 79.1 Å². The van der Waals surface area contributed by atoms with Gasteiger partial charge in [-0.3, -0.25) is 0 Å². The second-order valence-electron chi connectivity index (χ2n) is 6.77. The molecule has 1 N–H and O–H groups in total. The minimum absolute atomic E-state index is 0.0631. The fourth-order valence-corrected chi connectivity index (χ4v) is 2.02. The van der Waals surface area contributed by atoms with Gasteiger partial charge in [-0.2, -0.15) is 0 Å². The number of rotatable bonds is 12. The minimum Gasteiger partial charge on any atom is -0.390 e. The number of hydrogen-bond acceptors (Lipinski definition) is 2. The first-order valence-electron chi connectivity index (χ1n) is 7.74. The maximum Gasteiger partial charge on any atom is 0.0626 e. The van der Waals surface area contributed by atoms with Crippen molar-refractivity contribution in [3.8, 4) is 0 Å². The van der Waals surface area contributed by atoms with Crippen molar-refractivity contribution in [1.29, 1.82) is 0 Å². The number of allylic oxidation sites excluding steroid dienone is 1. The molecule has 0 aromatic rings. The molecule has 114 valence electrons. The van der Waals surface area contributed by atoms with Crippen molar-refractivity contribution in [3.05, 3.63) is 12.7 Å². The van der Waals surface area contributed by atoms with Gasteiger partial charge in [-0.15, -0.1) is 6.58 Å². The summed E-state index contributed by atoms with van der Waals surface area (Å²) in [6, 6.07) is 0. The molecule has 0 aliphatic heterocycles. The summed E-state index contributed by atoms with van der Waals surface area (Å²) >= 11 is 0. The number of aliphatic hydroxyl groups is 1. The average molecular weight is 270 g/mol. The van der Waals surface area contributed by atoms with E-state index in [4.69, 9.17) is 4.74 Å². The van der Waals surface area contributed by atoms with Crippen LogP contribution in [0.5, 0.6) is 0 Å². The molecule has 0 spiro atoms. The van der Waals surface area contributed by atoms with E-state index in [1.165, 1.54) is 32.1 Å². The Morgan fingerprint density at radius 1 is 0.947 bits per heavy atom. The van der Waals surface area contributed by atoms with Crippen LogP contribution in [0.4, 0.5) is 0 Å². The summed E-state index contributed by atoms with van der Waals surface area (Å²) in [5, 5.41) is 9.64. The van der Waals surface area contributed by atoms with Gasteiger partial charge in [0.05, 0.1) is 17.8 Å². The Labute approximate surface area is 120 Å². The van der Waals surface area contributed by atoms with Crippen molar-refractivity contribution in [2.45, 2.75) is 90.3 Å². The third-order valence-electron chi connectivity index (χ3n) is 3.39. The Bertz CT molecular complexity index is 226. The molecule has 2 nitrogen and oxygen atoms in total. The van der Waals surface area contributed by atoms with Crippen molar-refractivity contribution >= 4 is 0 Å². The first kappa shape index (κ1) is 18.7. The molecular formula is C17H34O2. The van der Waals surface area contributed by atoms with E-state index >= 15 is 0 Å². The number of ether oxygens (including phenoxy) is 1. The summed E-state index contributed by atoms with van der Waals surface area (Å²) < 4.78 is 5.88. The fourth-order valence-electron chi connectivity index (χ4n) is 2.02. The van der Waals surface area contributed by atoms with Gasteiger partial charge in [-0.05, 0) is 53.4 Å². The van der Waals surface area contributed by atoms with Crippen LogP contribution in [-0.4, -0.2) is 22.9 Å². The lowest BCUT2D eigenvalue weighted by molar-refractivity contribution is -0.0509. The van der Waals surface area contributed by atoms with Crippen molar-refractivity contribution in [2.75, 3.05) is 6.61 Å². The van der Waals surface area contributed by atoms with Crippen molar-refractivity contribution in [1.82, 2.24) is 0 Å². The summed E-state index contributed by atoms with van der Waals surface area (Å²) in [7, 11) is 0. The van der Waals surface area contributed by atoms with Gasteiger partial charge in [-0.1, -0.05) is 31.8 Å². The molecule has 0 saturated carbocycles. The third kappa shape index (κ3) is 13.9. The highest BCUT2D eigenvalue weighted by Crippen LogP contribution is 2.21. The molecule has 0 unspecified atom stereocenters. The average Bonchev–Trinajstić information content (AvgIpc) is 2.25. The Hall–Kier alpha value is -0.340. The molecule has 0 radical (unpaired) electrons. The van der Waals surface area contributed by atoms with Gasteiger partial charge in [0.1, 0.15) is 0 Å². The minimum atomic E-state index is -0.624. The van der Waals surface area contributed by atoms with E-state index in [1.54, 1.807) is 0 Å². The summed E-state index contributed by atoms with van der Waals surface area (Å²) in [4.78, 5) is 0. The van der Waals surface area contributed by atoms with Crippen LogP contribution in [0.3, 0.4) is 0 Å². The number of hydrogen-bond donors (Lipinski definition) is 1. The largest absolute Gasteiger partial charge is 0.390 e. The molecular weight excluding hydrogens is 236 g/mol. The third-order valence-corrected chi connectivity index (χ3v) is 3.39. The van der Waals surface area contributed by atoms with Gasteiger partial charge < -0.3 is 9.84 Å². The zero-order valence-electron chi connectivity index (χ0n) is 13.5. The molecule has 2 heteroatoms. The van der Waals surface area contributed by atoms with Crippen LogP contribution in [0, 0.1) is 0 Å². The van der Waals surface area contributed by atoms with E-state index < -0.39 is 5.60 Å². The van der Waals surface area contributed by atoms with E-state index in [2.05, 4.69) is 20.4 Å². The van der Waals surface area contributed by atoms with Crippen LogP contribution in [0.25, 0.3) is 0 Å². The summed E-state index contributed by atoms with van der Waals surface area (Å²) in [6.07, 6.45) is 11.3. The molecule has 19 heavy (non-hydrogen) atoms. The van der Waals surface area contributed by atoms with Crippen LogP contribution < -0.4 is 0 Å². The highest BCUT2D eigenvalue weighted by atomic mass is 16.5. The Balaban J connectivity index is 3.53. The summed E-state index contributed by atoms with van der Waals surface area (Å²) in [6.45, 7) is 12.3. The molecule has 0 heterocycles. The zero-order valence-corrected chi connectivity index (χ0v) is 13.5. The lowest BCUT2D eigenvalue weighted by atomic mass is 9.99. The van der Waals surface area contributed by atoms with Gasteiger partial charge in [0.2, 0.25) is 0 Å². The van der Waals surface area contributed by atoms with Gasteiger partial charge in [0.15, 0.2) is 0 Å². The molecule has 0 rings (SSSR count). The van der Waals surface area contributed by atoms with Crippen molar-refractivity contribution < 1.29 is 9.84 Å². The molecule has 0 amide bonds. The zero-order chi connectivity index (χ0) is 14.8. The molecule has 0 aromatic heterocycles. The van der Waals surface area contributed by atoms with Gasteiger partial charge in [0, 0.05) is 0 Å². The lowest BCUT2D eigenvalue weighted by Crippen LogP contribution is -2.28. The van der Waals surface area contributed by atoms with Crippen molar-refractivity contribution in [3.63, 3.8) is 0 Å². The van der Waals surface area contributed by atoms with Gasteiger partial charge in [-0.25, -0.2) is 0 Å². The van der Waals surface area contributed by atoms with E-state index in [9.17, 15) is 5.11 Å². The normalized spacial score (nSPS) is 12.7. The van der Waals surface area contributed by atoms with Crippen LogP contribution in [0.2, 0.25) is 0 Å².